The van der Waals surface area contributed by atoms with Gasteiger partial charge in [-0.3, -0.25) is 4.79 Å². The Kier molecular flexibility index (Phi) is 7.42. The molecule has 0 radical (unpaired) electrons. The summed E-state index contributed by atoms with van der Waals surface area (Å²) in [6, 6.07) is 3.75. The lowest BCUT2D eigenvalue weighted by atomic mass is 9.97. The fraction of sp³-hybridized carbons (Fsp3) is 0.400. The summed E-state index contributed by atoms with van der Waals surface area (Å²) in [6.45, 7) is -0.512. The predicted molar refractivity (Wildman–Crippen MR) is 125 cm³/mol. The van der Waals surface area contributed by atoms with Crippen LogP contribution in [0.2, 0.25) is 5.02 Å². The molecule has 0 aliphatic carbocycles. The number of amides is 1. The van der Waals surface area contributed by atoms with E-state index in [9.17, 15) is 25.2 Å². The van der Waals surface area contributed by atoms with Gasteiger partial charge in [-0.25, -0.2) is 9.67 Å². The molecule has 11 nitrogen and oxygen atoms in total. The Bertz CT molecular complexity index is 1170. The van der Waals surface area contributed by atoms with E-state index < -0.39 is 36.4 Å². The van der Waals surface area contributed by atoms with E-state index in [1.165, 1.54) is 15.8 Å². The van der Waals surface area contributed by atoms with Crippen molar-refractivity contribution >= 4 is 40.6 Å². The average molecular weight is 528 g/mol. The van der Waals surface area contributed by atoms with Gasteiger partial charge in [-0.15, -0.1) is 5.10 Å². The molecule has 2 aromatic heterocycles. The molecule has 1 fully saturated rings. The van der Waals surface area contributed by atoms with Crippen LogP contribution in [0.25, 0.3) is 11.4 Å². The maximum absolute atomic E-state index is 12.6. The van der Waals surface area contributed by atoms with E-state index in [0.29, 0.717) is 26.9 Å². The van der Waals surface area contributed by atoms with E-state index in [-0.39, 0.29) is 11.1 Å². The van der Waals surface area contributed by atoms with Gasteiger partial charge in [0.15, 0.2) is 0 Å². The Morgan fingerprint density at radius 1 is 1.29 bits per heavy atom. The second-order valence-electron chi connectivity index (χ2n) is 7.75. The van der Waals surface area contributed by atoms with Gasteiger partial charge in [0.05, 0.1) is 18.4 Å². The van der Waals surface area contributed by atoms with Crippen LogP contribution >= 0.6 is 34.7 Å². The van der Waals surface area contributed by atoms with Crippen molar-refractivity contribution in [2.45, 2.75) is 34.7 Å². The molecule has 0 bridgehead atoms. The Morgan fingerprint density at radius 3 is 2.71 bits per heavy atom. The van der Waals surface area contributed by atoms with Crippen molar-refractivity contribution < 1.29 is 30.0 Å². The molecule has 3 aromatic rings. The number of ether oxygens (including phenoxy) is 1. The summed E-state index contributed by atoms with van der Waals surface area (Å²) < 4.78 is 7.07. The van der Waals surface area contributed by atoms with E-state index in [1.807, 2.05) is 0 Å². The molecule has 14 heteroatoms. The highest BCUT2D eigenvalue weighted by atomic mass is 35.5. The molecule has 0 saturated carbocycles. The number of carbonyl (C=O) groups excluding carboxylic acids is 1. The molecule has 2 unspecified atom stereocenters. The number of benzene rings is 1. The summed E-state index contributed by atoms with van der Waals surface area (Å²) in [7, 11) is 3.24. The van der Waals surface area contributed by atoms with Crippen molar-refractivity contribution in [3.8, 4) is 16.6 Å². The summed E-state index contributed by atoms with van der Waals surface area (Å²) in [6.07, 6.45) is -2.16. The lowest BCUT2D eigenvalue weighted by molar-refractivity contribution is -0.178. The third-order valence-corrected chi connectivity index (χ3v) is 7.33. The molecule has 0 spiro atoms. The van der Waals surface area contributed by atoms with Gasteiger partial charge in [0, 0.05) is 29.4 Å². The number of aromatic hydroxyl groups is 1. The van der Waals surface area contributed by atoms with Crippen LogP contribution in [0.4, 0.5) is 0 Å². The van der Waals surface area contributed by atoms with Crippen LogP contribution in [0, 0.1) is 0 Å². The zero-order valence-corrected chi connectivity index (χ0v) is 20.4. The number of halogens is 1. The fourth-order valence-corrected chi connectivity index (χ4v) is 5.54. The smallest absolute Gasteiger partial charge is 0.271 e. The topological polar surface area (TPSA) is 154 Å². The van der Waals surface area contributed by atoms with Crippen molar-refractivity contribution in [3.05, 3.63) is 40.4 Å². The lowest BCUT2D eigenvalue weighted by Gasteiger charge is -2.41. The molecule has 4 N–H and O–H groups in total. The highest BCUT2D eigenvalue weighted by Gasteiger charge is 2.46. The monoisotopic (exact) mass is 527 g/mol. The minimum Gasteiger partial charge on any atom is -0.486 e. The van der Waals surface area contributed by atoms with Gasteiger partial charge in [-0.05, 0) is 18.2 Å². The van der Waals surface area contributed by atoms with Crippen LogP contribution in [0.3, 0.4) is 0 Å². The van der Waals surface area contributed by atoms with E-state index in [1.54, 1.807) is 37.7 Å². The third-order valence-electron chi connectivity index (χ3n) is 5.24. The second-order valence-corrected chi connectivity index (χ2v) is 10.2. The number of aromatic nitrogens is 4. The number of thioether (sulfide) groups is 1. The molecule has 4 rings (SSSR count). The average Bonchev–Trinajstić information content (AvgIpc) is 3.44. The van der Waals surface area contributed by atoms with Crippen LogP contribution in [-0.2, 0) is 4.74 Å². The molecule has 34 heavy (non-hydrogen) atoms. The zero-order chi connectivity index (χ0) is 24.6. The molecular weight excluding hydrogens is 506 g/mol. The predicted octanol–water partition coefficient (Wildman–Crippen LogP) is 1.23. The van der Waals surface area contributed by atoms with E-state index >= 15 is 0 Å². The van der Waals surface area contributed by atoms with Crippen LogP contribution in [0.5, 0.6) is 5.19 Å². The molecule has 1 aliphatic heterocycles. The molecular formula is C20H22ClN5O6S2. The minimum atomic E-state index is -1.31. The maximum atomic E-state index is 12.6. The lowest BCUT2D eigenvalue weighted by Crippen LogP contribution is -2.55. The summed E-state index contributed by atoms with van der Waals surface area (Å²) in [5.74, 6) is -0.257. The van der Waals surface area contributed by atoms with Crippen molar-refractivity contribution in [2.24, 2.45) is 0 Å². The highest BCUT2D eigenvalue weighted by molar-refractivity contribution is 8.00. The highest BCUT2D eigenvalue weighted by Crippen LogP contribution is 2.40. The second kappa shape index (κ2) is 10.2. The minimum absolute atomic E-state index is 0.128. The van der Waals surface area contributed by atoms with Gasteiger partial charge in [-0.1, -0.05) is 39.9 Å². The fourth-order valence-electron chi connectivity index (χ4n) is 3.54. The number of nitrogens with zero attached hydrogens (tertiary/aromatic N) is 5. The van der Waals surface area contributed by atoms with Crippen LogP contribution < -0.4 is 0 Å². The van der Waals surface area contributed by atoms with Crippen LogP contribution in [-0.4, -0.2) is 95.7 Å². The first-order valence-electron chi connectivity index (χ1n) is 10.1. The Hall–Kier alpha value is -2.26. The zero-order valence-electron chi connectivity index (χ0n) is 18.0. The molecule has 3 heterocycles. The standard InChI is InChI=1S/C20H22ClN5O6S2/c1-25(2)18(30)10-4-3-9(21)5-14(10)34-19-17(29)15(16(28)13(7-27)32-19)26-6-11(23-24-26)12-8-33-20(31)22-12/h3-6,8,13,15-17,19,27-29H,7H2,1-2H3,(H,22,31)/t13?,15?,16-,17-,19+/m0/s1. The van der Waals surface area contributed by atoms with Gasteiger partial charge in [0.2, 0.25) is 0 Å². The quantitative estimate of drug-likeness (QED) is 0.368. The molecule has 1 aliphatic rings. The van der Waals surface area contributed by atoms with E-state index in [4.69, 9.17) is 16.3 Å². The number of carbonyl (C=O) groups is 1. The molecule has 1 aromatic carbocycles. The van der Waals surface area contributed by atoms with Gasteiger partial charge < -0.3 is 30.1 Å². The number of hydrogen-bond donors (Lipinski definition) is 4. The van der Waals surface area contributed by atoms with Crippen LogP contribution in [0.15, 0.2) is 34.7 Å². The maximum Gasteiger partial charge on any atom is 0.271 e. The van der Waals surface area contributed by atoms with Crippen molar-refractivity contribution in [2.75, 3.05) is 20.7 Å². The first-order valence-corrected chi connectivity index (χ1v) is 12.2. The summed E-state index contributed by atoms with van der Waals surface area (Å²) in [5, 5.41) is 51.2. The van der Waals surface area contributed by atoms with Crippen molar-refractivity contribution in [1.82, 2.24) is 24.9 Å². The third kappa shape index (κ3) is 4.91. The summed E-state index contributed by atoms with van der Waals surface area (Å²) in [5.41, 5.74) is 0.111. The van der Waals surface area contributed by atoms with Gasteiger partial charge >= 0.3 is 0 Å². The van der Waals surface area contributed by atoms with Gasteiger partial charge in [0.1, 0.15) is 41.2 Å². The number of aliphatic hydroxyl groups is 3. The number of aliphatic hydroxyl groups excluding tert-OH is 3. The molecule has 1 saturated heterocycles. The molecule has 5 atom stereocenters. The summed E-state index contributed by atoms with van der Waals surface area (Å²) >= 11 is 8.24. The largest absolute Gasteiger partial charge is 0.486 e. The number of thiazole rings is 1. The number of hydrogen-bond acceptors (Lipinski definition) is 11. The molecule has 182 valence electrons. The Labute approximate surface area is 207 Å². The molecule has 1 amide bonds. The summed E-state index contributed by atoms with van der Waals surface area (Å²) in [4.78, 5) is 18.5. The first-order chi connectivity index (χ1) is 16.2. The van der Waals surface area contributed by atoms with E-state index in [0.717, 1.165) is 23.1 Å². The first kappa shape index (κ1) is 24.9. The van der Waals surface area contributed by atoms with Gasteiger partial charge in [0.25, 0.3) is 11.1 Å². The SMILES string of the molecule is CN(C)C(=O)c1ccc(Cl)cc1S[C@H]1OC(CO)[C@H](O)C(n2cc(-c3csc(O)n3)nn2)[C@@H]1O. The van der Waals surface area contributed by atoms with Crippen LogP contribution in [0.1, 0.15) is 16.4 Å². The Morgan fingerprint density at radius 2 is 2.06 bits per heavy atom. The number of rotatable bonds is 6. The van der Waals surface area contributed by atoms with Gasteiger partial charge in [-0.2, -0.15) is 0 Å². The van der Waals surface area contributed by atoms with Crippen molar-refractivity contribution in [3.63, 3.8) is 0 Å². The normalized spacial score (nSPS) is 24.8. The Balaban J connectivity index is 1.65. The van der Waals surface area contributed by atoms with Crippen molar-refractivity contribution in [1.29, 1.82) is 0 Å². The van der Waals surface area contributed by atoms with E-state index in [2.05, 4.69) is 15.3 Å².